The molecule has 1 aliphatic heterocycles. The second kappa shape index (κ2) is 10.5. The van der Waals surface area contributed by atoms with Gasteiger partial charge in [-0.15, -0.1) is 10.2 Å². The molecule has 1 amide bonds. The molecular formula is C31H36N8O. The Balaban J connectivity index is 1.28. The summed E-state index contributed by atoms with van der Waals surface area (Å²) < 4.78 is 1.95. The van der Waals surface area contributed by atoms with Gasteiger partial charge in [-0.2, -0.15) is 5.26 Å². The summed E-state index contributed by atoms with van der Waals surface area (Å²) in [4.78, 5) is 24.2. The van der Waals surface area contributed by atoms with Gasteiger partial charge in [0.1, 0.15) is 17.8 Å². The molecule has 2 atom stereocenters. The molecule has 1 aromatic carbocycles. The number of rotatable bonds is 7. The lowest BCUT2D eigenvalue weighted by Crippen LogP contribution is -2.44. The number of carbonyl (C=O) groups is 1. The molecule has 0 radical (unpaired) electrons. The Morgan fingerprint density at radius 1 is 1.30 bits per heavy atom. The van der Waals surface area contributed by atoms with Crippen molar-refractivity contribution >= 4 is 22.6 Å². The third-order valence-corrected chi connectivity index (χ3v) is 8.93. The number of nitrogens with zero attached hydrogens (tertiary/aromatic N) is 6. The lowest BCUT2D eigenvalue weighted by molar-refractivity contribution is 0.102. The highest BCUT2D eigenvalue weighted by molar-refractivity contribution is 6.04. The number of benzene rings is 1. The van der Waals surface area contributed by atoms with E-state index in [1.807, 2.05) is 48.1 Å². The van der Waals surface area contributed by atoms with Crippen LogP contribution in [0.3, 0.4) is 0 Å². The van der Waals surface area contributed by atoms with E-state index in [-0.39, 0.29) is 17.4 Å². The summed E-state index contributed by atoms with van der Waals surface area (Å²) in [7, 11) is 1.95. The van der Waals surface area contributed by atoms with Crippen molar-refractivity contribution in [1.29, 1.82) is 5.26 Å². The molecule has 4 aromatic rings. The van der Waals surface area contributed by atoms with Crippen LogP contribution in [0.5, 0.6) is 0 Å². The lowest BCUT2D eigenvalue weighted by atomic mass is 9.57. The highest BCUT2D eigenvalue weighted by Crippen LogP contribution is 2.53. The van der Waals surface area contributed by atoms with Crippen molar-refractivity contribution in [3.05, 3.63) is 71.6 Å². The Morgan fingerprint density at radius 2 is 2.15 bits per heavy atom. The van der Waals surface area contributed by atoms with Crippen LogP contribution in [0.4, 0.5) is 5.69 Å². The van der Waals surface area contributed by atoms with E-state index in [1.54, 1.807) is 6.33 Å². The molecule has 40 heavy (non-hydrogen) atoms. The van der Waals surface area contributed by atoms with Gasteiger partial charge in [0.25, 0.3) is 5.91 Å². The van der Waals surface area contributed by atoms with Gasteiger partial charge in [0.15, 0.2) is 0 Å². The Hall–Kier alpha value is -4.03. The SMILES string of the molecule is C[C@H]1CCCN([C@H](C)c2cc(C(=O)Nc3cccc(C4(c5nncn5C)CC(CC#N)C4)c3)nc3cc[nH]c23)C1. The molecule has 1 saturated carbocycles. The maximum atomic E-state index is 13.6. The second-order valence-corrected chi connectivity index (χ2v) is 11.8. The van der Waals surface area contributed by atoms with E-state index in [9.17, 15) is 10.1 Å². The summed E-state index contributed by atoms with van der Waals surface area (Å²) in [5, 5.41) is 20.9. The van der Waals surface area contributed by atoms with Gasteiger partial charge in [-0.05, 0) is 86.4 Å². The van der Waals surface area contributed by atoms with Gasteiger partial charge < -0.3 is 14.9 Å². The summed E-state index contributed by atoms with van der Waals surface area (Å²) >= 11 is 0. The maximum Gasteiger partial charge on any atom is 0.274 e. The van der Waals surface area contributed by atoms with Crippen molar-refractivity contribution in [2.45, 2.75) is 57.4 Å². The zero-order chi connectivity index (χ0) is 27.9. The zero-order valence-electron chi connectivity index (χ0n) is 23.4. The molecule has 4 heterocycles. The molecule has 9 heteroatoms. The summed E-state index contributed by atoms with van der Waals surface area (Å²) in [5.74, 6) is 1.64. The average Bonchev–Trinajstić information content (AvgIpc) is 3.59. The number of H-pyrrole nitrogens is 1. The minimum atomic E-state index is -0.329. The number of carbonyl (C=O) groups excluding carboxylic acids is 1. The third kappa shape index (κ3) is 4.66. The van der Waals surface area contributed by atoms with Crippen LogP contribution in [-0.4, -0.2) is 48.6 Å². The quantitative estimate of drug-likeness (QED) is 0.329. The van der Waals surface area contributed by atoms with E-state index < -0.39 is 0 Å². The van der Waals surface area contributed by atoms with Crippen LogP contribution in [0.2, 0.25) is 0 Å². The number of nitrogens with one attached hydrogen (secondary N) is 2. The number of fused-ring (bicyclic) bond motifs is 1. The van der Waals surface area contributed by atoms with E-state index in [1.165, 1.54) is 12.8 Å². The van der Waals surface area contributed by atoms with Crippen molar-refractivity contribution in [2.75, 3.05) is 18.4 Å². The Bertz CT molecular complexity index is 1570. The number of amides is 1. The Labute approximate surface area is 234 Å². The number of aryl methyl sites for hydroxylation is 1. The topological polar surface area (TPSA) is 116 Å². The van der Waals surface area contributed by atoms with Crippen molar-refractivity contribution in [2.24, 2.45) is 18.9 Å². The summed E-state index contributed by atoms with van der Waals surface area (Å²) in [5.41, 5.74) is 4.75. The molecule has 2 N–H and O–H groups in total. The molecule has 2 aliphatic rings. The third-order valence-electron chi connectivity index (χ3n) is 8.93. The van der Waals surface area contributed by atoms with Crippen LogP contribution in [0.15, 0.2) is 48.9 Å². The van der Waals surface area contributed by atoms with Crippen LogP contribution in [0.1, 0.15) is 79.4 Å². The predicted molar refractivity (Wildman–Crippen MR) is 154 cm³/mol. The lowest BCUT2D eigenvalue weighted by Gasteiger charge is -2.46. The Kier molecular flexibility index (Phi) is 6.88. The van der Waals surface area contributed by atoms with Crippen LogP contribution in [0.25, 0.3) is 11.0 Å². The fraction of sp³-hybridized carbons (Fsp3) is 0.452. The molecule has 206 valence electrons. The number of aromatic nitrogens is 5. The van der Waals surface area contributed by atoms with Gasteiger partial charge in [-0.1, -0.05) is 19.1 Å². The van der Waals surface area contributed by atoms with Crippen LogP contribution in [0, 0.1) is 23.2 Å². The number of likely N-dealkylation sites (tertiary alicyclic amines) is 1. The van der Waals surface area contributed by atoms with Crippen LogP contribution in [-0.2, 0) is 12.5 Å². The molecule has 2 fully saturated rings. The number of hydrogen-bond donors (Lipinski definition) is 2. The van der Waals surface area contributed by atoms with Gasteiger partial charge in [0, 0.05) is 37.9 Å². The van der Waals surface area contributed by atoms with E-state index in [0.29, 0.717) is 29.6 Å². The summed E-state index contributed by atoms with van der Waals surface area (Å²) in [6.07, 6.45) is 8.25. The maximum absolute atomic E-state index is 13.6. The van der Waals surface area contributed by atoms with E-state index in [2.05, 4.69) is 51.4 Å². The van der Waals surface area contributed by atoms with Crippen LogP contribution < -0.4 is 5.32 Å². The monoisotopic (exact) mass is 536 g/mol. The first kappa shape index (κ1) is 26.2. The number of anilines is 1. The van der Waals surface area contributed by atoms with Gasteiger partial charge in [0.2, 0.25) is 0 Å². The zero-order valence-corrected chi connectivity index (χ0v) is 23.4. The molecule has 6 rings (SSSR count). The molecule has 1 aliphatic carbocycles. The van der Waals surface area contributed by atoms with Gasteiger partial charge in [-0.3, -0.25) is 9.69 Å². The number of nitriles is 1. The molecule has 0 unspecified atom stereocenters. The smallest absolute Gasteiger partial charge is 0.274 e. The molecule has 0 spiro atoms. The molecule has 1 saturated heterocycles. The summed E-state index contributed by atoms with van der Waals surface area (Å²) in [6, 6.07) is 14.3. The molecule has 0 bridgehead atoms. The minimum absolute atomic E-state index is 0.174. The standard InChI is InChI=1S/C31H36N8O/c1-20-6-5-13-39(18-20)21(2)25-15-27(36-26-10-12-33-28(25)26)29(40)35-24-8-4-7-23(14-24)31(16-22(17-31)9-11-32)30-37-34-19-38(30)3/h4,7-8,10,12,14-15,19-22,33H,5-6,9,13,16-18H2,1-3H3,(H,35,40)/t20-,21+,22?,31?/m0/s1. The fourth-order valence-electron chi connectivity index (χ4n) is 6.84. The van der Waals surface area contributed by atoms with Gasteiger partial charge in [0.05, 0.1) is 22.5 Å². The fourth-order valence-corrected chi connectivity index (χ4v) is 6.84. The molecule has 3 aromatic heterocycles. The number of hydrogen-bond acceptors (Lipinski definition) is 6. The highest BCUT2D eigenvalue weighted by atomic mass is 16.1. The number of aromatic amines is 1. The normalized spacial score (nSPS) is 23.9. The van der Waals surface area contributed by atoms with E-state index in [0.717, 1.165) is 53.9 Å². The van der Waals surface area contributed by atoms with Crippen molar-refractivity contribution in [3.63, 3.8) is 0 Å². The van der Waals surface area contributed by atoms with E-state index >= 15 is 0 Å². The van der Waals surface area contributed by atoms with Crippen molar-refractivity contribution in [1.82, 2.24) is 29.6 Å². The first-order chi connectivity index (χ1) is 19.4. The van der Waals surface area contributed by atoms with E-state index in [4.69, 9.17) is 4.98 Å². The van der Waals surface area contributed by atoms with Gasteiger partial charge >= 0.3 is 0 Å². The number of pyridine rings is 1. The average molecular weight is 537 g/mol. The van der Waals surface area contributed by atoms with Crippen LogP contribution >= 0.6 is 0 Å². The Morgan fingerprint density at radius 3 is 2.90 bits per heavy atom. The van der Waals surface area contributed by atoms with Gasteiger partial charge in [-0.25, -0.2) is 4.98 Å². The highest BCUT2D eigenvalue weighted by Gasteiger charge is 2.49. The number of piperidine rings is 1. The first-order valence-electron chi connectivity index (χ1n) is 14.2. The minimum Gasteiger partial charge on any atom is -0.360 e. The second-order valence-electron chi connectivity index (χ2n) is 11.8. The predicted octanol–water partition coefficient (Wildman–Crippen LogP) is 5.35. The largest absolute Gasteiger partial charge is 0.360 e. The molecular weight excluding hydrogens is 500 g/mol. The summed E-state index contributed by atoms with van der Waals surface area (Å²) in [6.45, 7) is 6.66. The molecule has 9 nitrogen and oxygen atoms in total. The first-order valence-corrected chi connectivity index (χ1v) is 14.2. The van der Waals surface area contributed by atoms with Crippen molar-refractivity contribution < 1.29 is 4.79 Å². The van der Waals surface area contributed by atoms with Crippen molar-refractivity contribution in [3.8, 4) is 6.07 Å².